The first-order valence-electron chi connectivity index (χ1n) is 36.5. The number of ether oxygens (including phenoxy) is 6. The Labute approximate surface area is 554 Å². The van der Waals surface area contributed by atoms with Crippen LogP contribution in [0.1, 0.15) is 264 Å². The molecule has 17 unspecified atom stereocenters. The van der Waals surface area contributed by atoms with Gasteiger partial charge in [0.25, 0.3) is 0 Å². The zero-order chi connectivity index (χ0) is 66.8. The molecule has 19 heteroatoms. The van der Waals surface area contributed by atoms with Crippen LogP contribution in [0.3, 0.4) is 0 Å². The van der Waals surface area contributed by atoms with Gasteiger partial charge in [-0.15, -0.1) is 0 Å². The van der Waals surface area contributed by atoms with Crippen LogP contribution in [-0.4, -0.2) is 193 Å². The molecule has 0 aromatic carbocycles. The first-order valence-corrected chi connectivity index (χ1v) is 36.5. The minimum Gasteiger partial charge on any atom is -0.394 e. The normalized spacial score (nSPS) is 28.0. The van der Waals surface area contributed by atoms with Crippen molar-refractivity contribution in [2.24, 2.45) is 0 Å². The topological polar surface area (TPSA) is 307 Å². The third-order valence-electron chi connectivity index (χ3n) is 18.1. The minimum absolute atomic E-state index is 0.225. The number of hydrogen-bond acceptors (Lipinski definition) is 18. The molecule has 0 aromatic heterocycles. The van der Waals surface area contributed by atoms with Gasteiger partial charge in [-0.25, -0.2) is 0 Å². The highest BCUT2D eigenvalue weighted by Crippen LogP contribution is 2.33. The molecule has 3 aliphatic heterocycles. The summed E-state index contributed by atoms with van der Waals surface area (Å²) in [7, 11) is 0. The smallest absolute Gasteiger partial charge is 0.220 e. The summed E-state index contributed by atoms with van der Waals surface area (Å²) in [6.45, 7) is 1.63. The van der Waals surface area contributed by atoms with E-state index >= 15 is 0 Å². The Morgan fingerprint density at radius 1 is 0.402 bits per heavy atom. The van der Waals surface area contributed by atoms with Crippen LogP contribution in [0.5, 0.6) is 0 Å². The van der Waals surface area contributed by atoms with E-state index in [1.54, 1.807) is 6.08 Å². The highest BCUT2D eigenvalue weighted by atomic mass is 16.8. The van der Waals surface area contributed by atoms with Crippen LogP contribution in [0.4, 0.5) is 0 Å². The Balaban J connectivity index is 1.42. The molecule has 0 saturated carbocycles. The van der Waals surface area contributed by atoms with Crippen LogP contribution >= 0.6 is 0 Å². The van der Waals surface area contributed by atoms with E-state index in [1.807, 2.05) is 6.08 Å². The van der Waals surface area contributed by atoms with Gasteiger partial charge in [0, 0.05) is 6.42 Å². The van der Waals surface area contributed by atoms with Crippen molar-refractivity contribution in [1.82, 2.24) is 5.32 Å². The lowest BCUT2D eigenvalue weighted by Crippen LogP contribution is -2.66. The zero-order valence-electron chi connectivity index (χ0n) is 56.8. The maximum Gasteiger partial charge on any atom is 0.220 e. The monoisotopic (exact) mass is 1310 g/mol. The molecule has 0 bridgehead atoms. The summed E-state index contributed by atoms with van der Waals surface area (Å²) < 4.78 is 34.4. The van der Waals surface area contributed by atoms with Crippen LogP contribution in [0.15, 0.2) is 60.8 Å². The van der Waals surface area contributed by atoms with Crippen molar-refractivity contribution in [3.05, 3.63) is 60.8 Å². The van der Waals surface area contributed by atoms with E-state index < -0.39 is 124 Å². The molecule has 3 heterocycles. The molecule has 3 saturated heterocycles. The Hall–Kier alpha value is -2.51. The lowest BCUT2D eigenvalue weighted by molar-refractivity contribution is -0.379. The van der Waals surface area contributed by atoms with E-state index in [4.69, 9.17) is 28.4 Å². The Kier molecular flexibility index (Phi) is 49.6. The molecular formula is C73H131NO18. The summed E-state index contributed by atoms with van der Waals surface area (Å²) in [5.74, 6) is -0.289. The molecular weight excluding hydrogens is 1180 g/mol. The van der Waals surface area contributed by atoms with Crippen LogP contribution in [-0.2, 0) is 33.2 Å². The Morgan fingerprint density at radius 2 is 0.750 bits per heavy atom. The Morgan fingerprint density at radius 3 is 1.17 bits per heavy atom. The Bertz CT molecular complexity index is 1900. The second kappa shape index (κ2) is 54.5. The first-order chi connectivity index (χ1) is 44.8. The molecule has 0 radical (unpaired) electrons. The standard InChI is InChI=1S/C73H131NO18/c1-3-5-7-9-11-13-15-17-19-21-23-24-25-26-27-28-29-30-31-33-34-36-38-40-42-44-46-48-50-57(78)56(74-61(79)51-49-47-45-43-41-39-37-35-32-22-20-18-16-14-12-10-8-6-4-2)55-87-71-67(85)64(82)69(59(53-76)89-71)92-73-68(86)65(83)70(60(54-77)90-73)91-72-66(84)63(81)62(80)58(52-75)88-72/h6,8,12,14,18,20,32,35,48,50,56-60,62-73,75-78,80-86H,3-5,7,9-11,13,15-17,19,21-31,33-34,36-47,49,51-55H2,1-2H3,(H,74,79)/b8-6-,14-12-,20-18-,35-32-,50-48+. The number of aliphatic hydroxyl groups is 11. The third kappa shape index (κ3) is 35.7. The largest absolute Gasteiger partial charge is 0.394 e. The molecule has 17 atom stereocenters. The van der Waals surface area contributed by atoms with Gasteiger partial charge in [0.2, 0.25) is 5.91 Å². The van der Waals surface area contributed by atoms with Crippen LogP contribution in [0, 0.1) is 0 Å². The number of aliphatic hydroxyl groups excluding tert-OH is 11. The molecule has 19 nitrogen and oxygen atoms in total. The highest BCUT2D eigenvalue weighted by Gasteiger charge is 2.53. The molecule has 3 aliphatic rings. The van der Waals surface area contributed by atoms with E-state index in [0.29, 0.717) is 6.42 Å². The minimum atomic E-state index is -1.98. The van der Waals surface area contributed by atoms with E-state index in [2.05, 4.69) is 67.8 Å². The van der Waals surface area contributed by atoms with Gasteiger partial charge >= 0.3 is 0 Å². The number of hydrogen-bond donors (Lipinski definition) is 12. The van der Waals surface area contributed by atoms with Crippen molar-refractivity contribution in [2.75, 3.05) is 26.4 Å². The van der Waals surface area contributed by atoms with Crippen LogP contribution in [0.2, 0.25) is 0 Å². The number of nitrogens with one attached hydrogen (secondary N) is 1. The number of unbranched alkanes of at least 4 members (excludes halogenated alkanes) is 32. The maximum absolute atomic E-state index is 13.4. The average molecular weight is 1310 g/mol. The summed E-state index contributed by atoms with van der Waals surface area (Å²) in [4.78, 5) is 13.4. The van der Waals surface area contributed by atoms with E-state index in [9.17, 15) is 61.0 Å². The second-order valence-electron chi connectivity index (χ2n) is 26.0. The van der Waals surface area contributed by atoms with Gasteiger partial charge in [0.15, 0.2) is 18.9 Å². The summed E-state index contributed by atoms with van der Waals surface area (Å²) in [5.41, 5.74) is 0. The molecule has 3 rings (SSSR count). The molecule has 3 fully saturated rings. The predicted molar refractivity (Wildman–Crippen MR) is 360 cm³/mol. The van der Waals surface area contributed by atoms with Crippen molar-refractivity contribution >= 4 is 5.91 Å². The molecule has 536 valence electrons. The van der Waals surface area contributed by atoms with Gasteiger partial charge in [0.1, 0.15) is 73.2 Å². The number of amides is 1. The highest BCUT2D eigenvalue weighted by molar-refractivity contribution is 5.76. The zero-order valence-corrected chi connectivity index (χ0v) is 56.8. The molecule has 12 N–H and O–H groups in total. The van der Waals surface area contributed by atoms with Crippen molar-refractivity contribution < 1.29 is 89.4 Å². The first kappa shape index (κ1) is 83.7. The second-order valence-corrected chi connectivity index (χ2v) is 26.0. The number of rotatable bonds is 56. The number of allylic oxidation sites excluding steroid dienone is 9. The lowest BCUT2D eigenvalue weighted by Gasteiger charge is -2.48. The fraction of sp³-hybridized carbons (Fsp3) is 0.849. The third-order valence-corrected chi connectivity index (χ3v) is 18.1. The summed E-state index contributed by atoms with van der Waals surface area (Å²) >= 11 is 0. The summed E-state index contributed by atoms with van der Waals surface area (Å²) in [5, 5.41) is 121. The van der Waals surface area contributed by atoms with Crippen molar-refractivity contribution in [3.8, 4) is 0 Å². The van der Waals surface area contributed by atoms with Gasteiger partial charge in [-0.1, -0.05) is 261 Å². The van der Waals surface area contributed by atoms with Gasteiger partial charge in [0.05, 0.1) is 38.6 Å². The van der Waals surface area contributed by atoms with Gasteiger partial charge in [-0.05, 0) is 57.8 Å². The van der Waals surface area contributed by atoms with E-state index in [1.165, 1.54) is 148 Å². The molecule has 0 aromatic rings. The van der Waals surface area contributed by atoms with E-state index in [-0.39, 0.29) is 18.9 Å². The van der Waals surface area contributed by atoms with Crippen molar-refractivity contribution in [1.29, 1.82) is 0 Å². The molecule has 92 heavy (non-hydrogen) atoms. The quantitative estimate of drug-likeness (QED) is 0.0199. The van der Waals surface area contributed by atoms with Gasteiger partial charge < -0.3 is 89.9 Å². The van der Waals surface area contributed by atoms with Crippen LogP contribution < -0.4 is 5.32 Å². The average Bonchev–Trinajstić information content (AvgIpc) is 0.855. The molecule has 1 amide bonds. The van der Waals surface area contributed by atoms with Gasteiger partial charge in [-0.2, -0.15) is 0 Å². The molecule has 0 spiro atoms. The van der Waals surface area contributed by atoms with Gasteiger partial charge in [-0.3, -0.25) is 4.79 Å². The van der Waals surface area contributed by atoms with E-state index in [0.717, 1.165) is 89.9 Å². The number of carbonyl (C=O) groups is 1. The fourth-order valence-electron chi connectivity index (χ4n) is 12.2. The summed E-state index contributed by atoms with van der Waals surface area (Å²) in [6.07, 6.45) is 40.6. The lowest BCUT2D eigenvalue weighted by atomic mass is 9.96. The SMILES string of the molecule is CC/C=C\C/C=C\C/C=C\C/C=C\CCCCCCCCC(=O)NC(COC1OC(CO)C(OC2OC(CO)C(OC3OC(CO)C(O)C(O)C3O)C(O)C2O)C(O)C1O)C(O)/C=C/CCCCCCCCCCCCCCCCCCCCCCCCCCCC. The molecule has 0 aliphatic carbocycles. The van der Waals surface area contributed by atoms with Crippen molar-refractivity contribution in [3.63, 3.8) is 0 Å². The van der Waals surface area contributed by atoms with Crippen molar-refractivity contribution in [2.45, 2.75) is 369 Å². The summed E-state index contributed by atoms with van der Waals surface area (Å²) in [6, 6.07) is -0.985. The fourth-order valence-corrected chi connectivity index (χ4v) is 12.2. The predicted octanol–water partition coefficient (Wildman–Crippen LogP) is 10.3. The maximum atomic E-state index is 13.4. The number of carbonyl (C=O) groups excluding carboxylic acids is 1. The van der Waals surface area contributed by atoms with Crippen LogP contribution in [0.25, 0.3) is 0 Å².